The molecule has 0 N–H and O–H groups in total. The number of hydrogen-bond acceptors (Lipinski definition) is 1. The number of aryl methyl sites for hydroxylation is 1. The maximum absolute atomic E-state index is 3.91. The minimum atomic E-state index is 1.08. The van der Waals surface area contributed by atoms with Crippen LogP contribution >= 0.6 is 0 Å². The molecule has 0 saturated carbocycles. The maximum atomic E-state index is 3.91. The summed E-state index contributed by atoms with van der Waals surface area (Å²) in [5.74, 6) is 0. The summed E-state index contributed by atoms with van der Waals surface area (Å²) >= 11 is 0. The summed E-state index contributed by atoms with van der Waals surface area (Å²) in [5.41, 5.74) is 2.23. The van der Waals surface area contributed by atoms with Crippen LogP contribution in [-0.4, -0.2) is 13.3 Å². The van der Waals surface area contributed by atoms with E-state index >= 15 is 0 Å². The molecule has 0 aliphatic heterocycles. The Morgan fingerprint density at radius 3 is 2.57 bits per heavy atom. The molecule has 0 spiro atoms. The molecule has 14 heavy (non-hydrogen) atoms. The number of hydrogen-bond donors (Lipinski definition) is 0. The fraction of sp³-hybridized carbons (Fsp3) is 0.167. The summed E-state index contributed by atoms with van der Waals surface area (Å²) < 4.78 is 2.00. The molecule has 0 radical (unpaired) electrons. The summed E-state index contributed by atoms with van der Waals surface area (Å²) in [6.45, 7) is 3.78. The molecule has 0 aliphatic rings. The van der Waals surface area contributed by atoms with E-state index in [9.17, 15) is 0 Å². The van der Waals surface area contributed by atoms with Crippen molar-refractivity contribution in [3.63, 3.8) is 0 Å². The molecule has 1 heterocycles. The van der Waals surface area contributed by atoms with Gasteiger partial charge < -0.3 is 0 Å². The third-order valence-corrected chi connectivity index (χ3v) is 1.93. The molecule has 0 aromatic carbocycles. The molecular weight excluding hydrogens is 172 g/mol. The number of pyridine rings is 1. The lowest BCUT2D eigenvalue weighted by molar-refractivity contribution is -0.671. The van der Waals surface area contributed by atoms with Crippen molar-refractivity contribution in [3.05, 3.63) is 48.8 Å². The SMILES string of the molecule is C=C/C(=C\C=NC)c1cc[n+](C)cc1. The Kier molecular flexibility index (Phi) is 3.80. The number of aliphatic imine (C=N–C) groups is 1. The maximum Gasteiger partial charge on any atom is 0.169 e. The third-order valence-electron chi connectivity index (χ3n) is 1.93. The van der Waals surface area contributed by atoms with Gasteiger partial charge in [-0.2, -0.15) is 0 Å². The van der Waals surface area contributed by atoms with Crippen molar-refractivity contribution < 1.29 is 4.57 Å². The van der Waals surface area contributed by atoms with Gasteiger partial charge in [0.2, 0.25) is 0 Å². The zero-order valence-electron chi connectivity index (χ0n) is 8.64. The average molecular weight is 187 g/mol. The topological polar surface area (TPSA) is 16.2 Å². The molecule has 0 bridgehead atoms. The van der Waals surface area contributed by atoms with Gasteiger partial charge in [-0.3, -0.25) is 4.99 Å². The number of allylic oxidation sites excluding steroid dienone is 3. The average Bonchev–Trinajstić information content (AvgIpc) is 2.21. The molecular formula is C12H15N2+. The number of rotatable bonds is 3. The van der Waals surface area contributed by atoms with Crippen molar-refractivity contribution in [1.29, 1.82) is 0 Å². The van der Waals surface area contributed by atoms with E-state index in [0.29, 0.717) is 0 Å². The van der Waals surface area contributed by atoms with Crippen molar-refractivity contribution >= 4 is 11.8 Å². The lowest BCUT2D eigenvalue weighted by Gasteiger charge is -1.98. The van der Waals surface area contributed by atoms with Gasteiger partial charge in [0.05, 0.1) is 0 Å². The summed E-state index contributed by atoms with van der Waals surface area (Å²) in [5, 5.41) is 0. The standard InChI is InChI=1S/C12H15N2/c1-4-11(5-8-13-2)12-6-9-14(3)10-7-12/h4-10H,1H2,2-3H3/q+1/b11-5+,13-8?. The summed E-state index contributed by atoms with van der Waals surface area (Å²) in [6, 6.07) is 4.11. The summed E-state index contributed by atoms with van der Waals surface area (Å²) in [7, 11) is 3.75. The smallest absolute Gasteiger partial charge is 0.169 e. The van der Waals surface area contributed by atoms with Crippen LogP contribution in [0.5, 0.6) is 0 Å². The van der Waals surface area contributed by atoms with Gasteiger partial charge in [0.15, 0.2) is 12.4 Å². The molecule has 1 rings (SSSR count). The van der Waals surface area contributed by atoms with Crippen LogP contribution in [-0.2, 0) is 7.05 Å². The molecule has 72 valence electrons. The van der Waals surface area contributed by atoms with E-state index in [0.717, 1.165) is 11.1 Å². The minimum absolute atomic E-state index is 1.08. The highest BCUT2D eigenvalue weighted by Crippen LogP contribution is 2.12. The molecule has 0 atom stereocenters. The predicted octanol–water partition coefficient (Wildman–Crippen LogP) is 1.78. The van der Waals surface area contributed by atoms with Gasteiger partial charge in [0, 0.05) is 25.4 Å². The van der Waals surface area contributed by atoms with E-state index in [1.165, 1.54) is 0 Å². The normalized spacial score (nSPS) is 12.0. The Labute approximate surface area is 84.9 Å². The van der Waals surface area contributed by atoms with Gasteiger partial charge in [-0.05, 0) is 17.2 Å². The van der Waals surface area contributed by atoms with Crippen LogP contribution < -0.4 is 4.57 Å². The molecule has 2 heteroatoms. The van der Waals surface area contributed by atoms with Crippen molar-refractivity contribution in [2.45, 2.75) is 0 Å². The number of aromatic nitrogens is 1. The molecule has 0 amide bonds. The first-order valence-corrected chi connectivity index (χ1v) is 4.48. The number of nitrogens with zero attached hydrogens (tertiary/aromatic N) is 2. The van der Waals surface area contributed by atoms with Crippen LogP contribution in [0.25, 0.3) is 5.57 Å². The van der Waals surface area contributed by atoms with Crippen molar-refractivity contribution in [3.8, 4) is 0 Å². The summed E-state index contributed by atoms with van der Waals surface area (Å²) in [4.78, 5) is 3.91. The van der Waals surface area contributed by atoms with Gasteiger partial charge in [0.25, 0.3) is 0 Å². The Bertz CT molecular complexity index is 358. The minimum Gasteiger partial charge on any atom is -0.296 e. The van der Waals surface area contributed by atoms with Crippen LogP contribution in [0.4, 0.5) is 0 Å². The Morgan fingerprint density at radius 2 is 2.07 bits per heavy atom. The molecule has 0 aliphatic carbocycles. The first-order chi connectivity index (χ1) is 6.77. The van der Waals surface area contributed by atoms with Crippen LogP contribution in [0.1, 0.15) is 5.56 Å². The monoisotopic (exact) mass is 187 g/mol. The quantitative estimate of drug-likeness (QED) is 0.389. The van der Waals surface area contributed by atoms with E-state index in [2.05, 4.69) is 23.7 Å². The van der Waals surface area contributed by atoms with E-state index in [-0.39, 0.29) is 0 Å². The Balaban J connectivity index is 3.01. The van der Waals surface area contributed by atoms with Gasteiger partial charge in [-0.1, -0.05) is 12.7 Å². The lowest BCUT2D eigenvalue weighted by Crippen LogP contribution is -2.25. The van der Waals surface area contributed by atoms with Crippen molar-refractivity contribution in [1.82, 2.24) is 0 Å². The molecule has 0 unspecified atom stereocenters. The lowest BCUT2D eigenvalue weighted by atomic mass is 10.1. The first-order valence-electron chi connectivity index (χ1n) is 4.48. The van der Waals surface area contributed by atoms with E-state index in [1.807, 2.05) is 36.2 Å². The predicted molar refractivity (Wildman–Crippen MR) is 60.2 cm³/mol. The van der Waals surface area contributed by atoms with E-state index in [4.69, 9.17) is 0 Å². The molecule has 0 saturated heterocycles. The van der Waals surface area contributed by atoms with Gasteiger partial charge in [0.1, 0.15) is 7.05 Å². The Hall–Kier alpha value is -1.70. The van der Waals surface area contributed by atoms with E-state index < -0.39 is 0 Å². The van der Waals surface area contributed by atoms with Gasteiger partial charge >= 0.3 is 0 Å². The highest BCUT2D eigenvalue weighted by Gasteiger charge is 1.98. The third kappa shape index (κ3) is 2.66. The fourth-order valence-electron chi connectivity index (χ4n) is 1.13. The molecule has 1 aromatic rings. The molecule has 2 nitrogen and oxygen atoms in total. The first kappa shape index (κ1) is 10.4. The van der Waals surface area contributed by atoms with Crippen LogP contribution in [0, 0.1) is 0 Å². The fourth-order valence-corrected chi connectivity index (χ4v) is 1.13. The molecule has 0 fully saturated rings. The highest BCUT2D eigenvalue weighted by atomic mass is 14.9. The zero-order chi connectivity index (χ0) is 10.4. The second-order valence-corrected chi connectivity index (χ2v) is 2.99. The van der Waals surface area contributed by atoms with Gasteiger partial charge in [-0.15, -0.1) is 0 Å². The largest absolute Gasteiger partial charge is 0.296 e. The van der Waals surface area contributed by atoms with Crippen LogP contribution in [0.15, 0.2) is 48.2 Å². The zero-order valence-corrected chi connectivity index (χ0v) is 8.64. The second kappa shape index (κ2) is 5.12. The van der Waals surface area contributed by atoms with Crippen molar-refractivity contribution in [2.75, 3.05) is 7.05 Å². The van der Waals surface area contributed by atoms with Crippen LogP contribution in [0.3, 0.4) is 0 Å². The van der Waals surface area contributed by atoms with Gasteiger partial charge in [-0.25, -0.2) is 4.57 Å². The van der Waals surface area contributed by atoms with E-state index in [1.54, 1.807) is 13.3 Å². The molecule has 1 aromatic heterocycles. The second-order valence-electron chi connectivity index (χ2n) is 2.99. The summed E-state index contributed by atoms with van der Waals surface area (Å²) in [6.07, 6.45) is 9.56. The highest BCUT2D eigenvalue weighted by molar-refractivity contribution is 5.88. The van der Waals surface area contributed by atoms with Crippen LogP contribution in [0.2, 0.25) is 0 Å². The van der Waals surface area contributed by atoms with Crippen molar-refractivity contribution in [2.24, 2.45) is 12.0 Å². The Morgan fingerprint density at radius 1 is 1.43 bits per heavy atom.